The summed E-state index contributed by atoms with van der Waals surface area (Å²) in [6.07, 6.45) is 4.47. The molecule has 0 aromatic rings. The molecule has 0 radical (unpaired) electrons. The first kappa shape index (κ1) is 15.9. The van der Waals surface area contributed by atoms with Gasteiger partial charge in [-0.2, -0.15) is 0 Å². The molecule has 25 heavy (non-hydrogen) atoms. The van der Waals surface area contributed by atoms with Crippen LogP contribution in [0.15, 0.2) is 12.2 Å². The molecule has 0 spiro atoms. The van der Waals surface area contributed by atoms with Gasteiger partial charge in [0.2, 0.25) is 0 Å². The minimum Gasteiger partial charge on any atom is -0.462 e. The second-order valence-electron chi connectivity index (χ2n) is 9.75. The average molecular weight is 344 g/mol. The van der Waals surface area contributed by atoms with Gasteiger partial charge in [-0.1, -0.05) is 6.58 Å². The Morgan fingerprint density at radius 2 is 1.80 bits per heavy atom. The Hall–Kier alpha value is -1.32. The molecule has 0 aromatic carbocycles. The summed E-state index contributed by atoms with van der Waals surface area (Å²) >= 11 is 0. The molecular formula is C21H28O4. The molecular weight excluding hydrogens is 316 g/mol. The summed E-state index contributed by atoms with van der Waals surface area (Å²) < 4.78 is 11.5. The Morgan fingerprint density at radius 3 is 2.44 bits per heavy atom. The van der Waals surface area contributed by atoms with E-state index in [1.54, 1.807) is 6.92 Å². The van der Waals surface area contributed by atoms with E-state index in [4.69, 9.17) is 9.47 Å². The van der Waals surface area contributed by atoms with E-state index >= 15 is 0 Å². The number of esters is 2. The maximum absolute atomic E-state index is 12.4. The highest BCUT2D eigenvalue weighted by Crippen LogP contribution is 2.71. The highest BCUT2D eigenvalue weighted by Gasteiger charge is 2.70. The first-order chi connectivity index (χ1) is 11.8. The van der Waals surface area contributed by atoms with E-state index in [0.717, 1.165) is 12.8 Å². The largest absolute Gasteiger partial charge is 0.462 e. The summed E-state index contributed by atoms with van der Waals surface area (Å²) in [6.45, 7) is 9.63. The number of cyclic esters (lactones) is 1. The molecule has 4 nitrogen and oxygen atoms in total. The normalized spacial score (nSPS) is 54.8. The summed E-state index contributed by atoms with van der Waals surface area (Å²) in [5, 5.41) is 0. The summed E-state index contributed by atoms with van der Waals surface area (Å²) in [6, 6.07) is 0. The lowest BCUT2D eigenvalue weighted by molar-refractivity contribution is -0.158. The van der Waals surface area contributed by atoms with E-state index in [2.05, 4.69) is 20.4 Å². The molecule has 10 atom stereocenters. The first-order valence-electron chi connectivity index (χ1n) is 9.88. The predicted octanol–water partition coefficient (Wildman–Crippen LogP) is 3.35. The number of carbonyl (C=O) groups excluding carboxylic acids is 2. The number of hydrogen-bond acceptors (Lipinski definition) is 4. The summed E-state index contributed by atoms with van der Waals surface area (Å²) in [7, 11) is 0. The zero-order chi connectivity index (χ0) is 17.7. The summed E-state index contributed by atoms with van der Waals surface area (Å²) in [4.78, 5) is 24.5. The van der Waals surface area contributed by atoms with Crippen LogP contribution < -0.4 is 0 Å². The Balaban J connectivity index is 1.42. The van der Waals surface area contributed by atoms with E-state index in [9.17, 15) is 9.59 Å². The minimum atomic E-state index is -0.366. The molecule has 5 fully saturated rings. The fraction of sp³-hybridized carbons (Fsp3) is 0.810. The van der Waals surface area contributed by atoms with E-state index in [-0.39, 0.29) is 29.6 Å². The molecule has 0 N–H and O–H groups in total. The molecule has 136 valence electrons. The Morgan fingerprint density at radius 1 is 1.16 bits per heavy atom. The third-order valence-electron chi connectivity index (χ3n) is 8.23. The molecule has 1 heterocycles. The van der Waals surface area contributed by atoms with Crippen LogP contribution in [0.1, 0.15) is 46.5 Å². The molecule has 10 unspecified atom stereocenters. The molecule has 0 aromatic heterocycles. The van der Waals surface area contributed by atoms with Crippen LogP contribution in [-0.4, -0.2) is 23.6 Å². The van der Waals surface area contributed by atoms with Gasteiger partial charge in [-0.25, -0.2) is 4.79 Å². The van der Waals surface area contributed by atoms with Crippen molar-refractivity contribution >= 4 is 11.9 Å². The van der Waals surface area contributed by atoms with Gasteiger partial charge in [0.15, 0.2) is 0 Å². The third kappa shape index (κ3) is 2.00. The van der Waals surface area contributed by atoms with E-state index in [1.165, 1.54) is 12.8 Å². The van der Waals surface area contributed by atoms with Gasteiger partial charge in [0.1, 0.15) is 11.7 Å². The quantitative estimate of drug-likeness (QED) is 0.438. The van der Waals surface area contributed by atoms with Gasteiger partial charge in [-0.05, 0) is 82.0 Å². The van der Waals surface area contributed by atoms with E-state index in [1.807, 2.05) is 0 Å². The monoisotopic (exact) mass is 344 g/mol. The second kappa shape index (κ2) is 4.89. The first-order valence-corrected chi connectivity index (χ1v) is 9.88. The maximum Gasteiger partial charge on any atom is 0.333 e. The number of ether oxygens (including phenoxy) is 2. The van der Waals surface area contributed by atoms with Gasteiger partial charge < -0.3 is 9.47 Å². The highest BCUT2D eigenvalue weighted by molar-refractivity contribution is 5.87. The molecule has 5 rings (SSSR count). The van der Waals surface area contributed by atoms with Crippen molar-refractivity contribution in [3.8, 4) is 0 Å². The van der Waals surface area contributed by atoms with E-state index in [0.29, 0.717) is 47.0 Å². The second-order valence-corrected chi connectivity index (χ2v) is 9.75. The van der Waals surface area contributed by atoms with Crippen molar-refractivity contribution in [3.05, 3.63) is 12.2 Å². The lowest BCUT2D eigenvalue weighted by Gasteiger charge is -2.39. The van der Waals surface area contributed by atoms with Crippen LogP contribution in [0.4, 0.5) is 0 Å². The van der Waals surface area contributed by atoms with Crippen LogP contribution >= 0.6 is 0 Å². The number of carbonyl (C=O) groups is 2. The van der Waals surface area contributed by atoms with Gasteiger partial charge in [-0.3, -0.25) is 4.79 Å². The van der Waals surface area contributed by atoms with Gasteiger partial charge in [-0.15, -0.1) is 0 Å². The lowest BCUT2D eigenvalue weighted by Crippen LogP contribution is -2.39. The Bertz CT molecular complexity index is 669. The highest BCUT2D eigenvalue weighted by atomic mass is 16.6. The van der Waals surface area contributed by atoms with Gasteiger partial charge in [0, 0.05) is 11.5 Å². The van der Waals surface area contributed by atoms with Crippen molar-refractivity contribution < 1.29 is 19.1 Å². The van der Waals surface area contributed by atoms with Crippen molar-refractivity contribution in [2.45, 2.75) is 58.2 Å². The van der Waals surface area contributed by atoms with Crippen molar-refractivity contribution in [1.82, 2.24) is 0 Å². The molecule has 1 aliphatic heterocycles. The molecule has 4 aliphatic carbocycles. The van der Waals surface area contributed by atoms with Crippen molar-refractivity contribution in [2.75, 3.05) is 0 Å². The van der Waals surface area contributed by atoms with Crippen molar-refractivity contribution in [1.29, 1.82) is 0 Å². The Labute approximate surface area is 149 Å². The molecule has 1 saturated heterocycles. The molecule has 5 aliphatic rings. The van der Waals surface area contributed by atoms with Crippen molar-refractivity contribution in [3.63, 3.8) is 0 Å². The summed E-state index contributed by atoms with van der Waals surface area (Å²) in [5.74, 6) is 4.08. The molecule has 4 heteroatoms. The van der Waals surface area contributed by atoms with Gasteiger partial charge in [0.05, 0.1) is 5.92 Å². The van der Waals surface area contributed by atoms with Crippen LogP contribution in [-0.2, 0) is 19.1 Å². The Kier molecular flexibility index (Phi) is 3.11. The predicted molar refractivity (Wildman–Crippen MR) is 91.3 cm³/mol. The zero-order valence-electron chi connectivity index (χ0n) is 15.4. The molecule has 4 bridgehead atoms. The lowest BCUT2D eigenvalue weighted by atomic mass is 9.66. The molecule has 0 amide bonds. The fourth-order valence-corrected chi connectivity index (χ4v) is 7.92. The van der Waals surface area contributed by atoms with Crippen LogP contribution in [0.25, 0.3) is 0 Å². The average Bonchev–Trinajstić information content (AvgIpc) is 3.21. The van der Waals surface area contributed by atoms with Crippen LogP contribution in [0, 0.1) is 47.3 Å². The fourth-order valence-electron chi connectivity index (χ4n) is 7.92. The van der Waals surface area contributed by atoms with Gasteiger partial charge >= 0.3 is 11.9 Å². The van der Waals surface area contributed by atoms with Crippen molar-refractivity contribution in [2.24, 2.45) is 47.3 Å². The van der Waals surface area contributed by atoms with E-state index < -0.39 is 0 Å². The molecule has 4 saturated carbocycles. The third-order valence-corrected chi connectivity index (χ3v) is 8.23. The number of hydrogen-bond donors (Lipinski definition) is 0. The SMILES string of the molecule is C=C(C)C(=O)OC1(C)CC2CC(C1)C1C3CC(C4C(=O)OC(C)C34)C21. The topological polar surface area (TPSA) is 52.6 Å². The standard InChI is InChI=1S/C21H28O4/c1-9(2)19(22)25-21(4)7-11-5-12(8-21)17-14-6-13(16(11)17)15-10(3)24-20(23)18(14)15/h10-18H,1,5-8H2,2-4H3. The number of fused-ring (bicyclic) bond motifs is 12. The maximum atomic E-state index is 12.4. The van der Waals surface area contributed by atoms with Gasteiger partial charge in [0.25, 0.3) is 0 Å². The number of rotatable bonds is 2. The van der Waals surface area contributed by atoms with Crippen LogP contribution in [0.2, 0.25) is 0 Å². The zero-order valence-corrected chi connectivity index (χ0v) is 15.4. The summed E-state index contributed by atoms with van der Waals surface area (Å²) in [5.41, 5.74) is 0.111. The van der Waals surface area contributed by atoms with Crippen LogP contribution in [0.5, 0.6) is 0 Å². The smallest absolute Gasteiger partial charge is 0.333 e. The minimum absolute atomic E-state index is 0.0568. The van der Waals surface area contributed by atoms with Crippen LogP contribution in [0.3, 0.4) is 0 Å².